The van der Waals surface area contributed by atoms with E-state index in [0.717, 1.165) is 21.5 Å². The number of benzene rings is 1. The van der Waals surface area contributed by atoms with Gasteiger partial charge in [0.2, 0.25) is 0 Å². The molecule has 0 radical (unpaired) electrons. The van der Waals surface area contributed by atoms with Crippen LogP contribution < -0.4 is 4.74 Å². The molecular weight excluding hydrogens is 329 g/mol. The average Bonchev–Trinajstić information content (AvgIpc) is 2.72. The van der Waals surface area contributed by atoms with Crippen LogP contribution in [0.4, 0.5) is 13.2 Å². The highest BCUT2D eigenvalue weighted by molar-refractivity contribution is 9.10. The Balaban J connectivity index is 2.09. The Labute approximate surface area is 114 Å². The molecule has 0 N–H and O–H groups in total. The third-order valence-electron chi connectivity index (χ3n) is 2.22. The standard InChI is InChI=1S/C12H8BrF3OS/c13-10-4-5-18-11(10)7-17-9-3-1-2-8(6-9)12(14,15)16/h1-6H,7H2. The maximum atomic E-state index is 12.5. The van der Waals surface area contributed by atoms with Crippen molar-refractivity contribution in [1.29, 1.82) is 0 Å². The van der Waals surface area contributed by atoms with Crippen molar-refractivity contribution in [1.82, 2.24) is 0 Å². The molecule has 0 fully saturated rings. The van der Waals surface area contributed by atoms with Crippen molar-refractivity contribution in [3.8, 4) is 5.75 Å². The van der Waals surface area contributed by atoms with Gasteiger partial charge in [-0.05, 0) is 45.6 Å². The molecule has 1 aromatic carbocycles. The molecule has 0 spiro atoms. The Hall–Kier alpha value is -1.01. The van der Waals surface area contributed by atoms with Gasteiger partial charge in [0.05, 0.1) is 10.4 Å². The molecule has 0 aliphatic rings. The highest BCUT2D eigenvalue weighted by Gasteiger charge is 2.30. The van der Waals surface area contributed by atoms with Gasteiger partial charge >= 0.3 is 6.18 Å². The molecule has 0 aliphatic carbocycles. The molecule has 1 nitrogen and oxygen atoms in total. The SMILES string of the molecule is FC(F)(F)c1cccc(OCc2sccc2Br)c1. The predicted octanol–water partition coefficient (Wildman–Crippen LogP) is 5.11. The molecule has 0 bridgehead atoms. The third-order valence-corrected chi connectivity index (χ3v) is 4.12. The van der Waals surface area contributed by atoms with Crippen LogP contribution >= 0.6 is 27.3 Å². The zero-order valence-electron chi connectivity index (χ0n) is 9.00. The second kappa shape index (κ2) is 5.32. The molecule has 0 saturated carbocycles. The second-order valence-corrected chi connectivity index (χ2v) is 5.36. The van der Waals surface area contributed by atoms with Crippen molar-refractivity contribution in [2.75, 3.05) is 0 Å². The number of thiophene rings is 1. The third kappa shape index (κ3) is 3.26. The molecule has 18 heavy (non-hydrogen) atoms. The summed E-state index contributed by atoms with van der Waals surface area (Å²) in [6, 6.07) is 6.74. The summed E-state index contributed by atoms with van der Waals surface area (Å²) in [6.07, 6.45) is -4.34. The maximum absolute atomic E-state index is 12.5. The minimum Gasteiger partial charge on any atom is -0.488 e. The smallest absolute Gasteiger partial charge is 0.416 e. The van der Waals surface area contributed by atoms with Gasteiger partial charge in [0.15, 0.2) is 0 Å². The first kappa shape index (κ1) is 13.4. The summed E-state index contributed by atoms with van der Waals surface area (Å²) in [5.41, 5.74) is -0.703. The Morgan fingerprint density at radius 2 is 2.00 bits per heavy atom. The van der Waals surface area contributed by atoms with Crippen molar-refractivity contribution < 1.29 is 17.9 Å². The van der Waals surface area contributed by atoms with Crippen LogP contribution in [0.15, 0.2) is 40.2 Å². The molecule has 2 aromatic rings. The van der Waals surface area contributed by atoms with Crippen LogP contribution in [-0.4, -0.2) is 0 Å². The van der Waals surface area contributed by atoms with Crippen molar-refractivity contribution >= 4 is 27.3 Å². The first-order chi connectivity index (χ1) is 8.47. The number of hydrogen-bond acceptors (Lipinski definition) is 2. The van der Waals surface area contributed by atoms with E-state index in [-0.39, 0.29) is 12.4 Å². The van der Waals surface area contributed by atoms with E-state index in [4.69, 9.17) is 4.74 Å². The van der Waals surface area contributed by atoms with E-state index in [2.05, 4.69) is 15.9 Å². The van der Waals surface area contributed by atoms with E-state index in [1.807, 2.05) is 11.4 Å². The Kier molecular flexibility index (Phi) is 3.97. The predicted molar refractivity (Wildman–Crippen MR) is 67.8 cm³/mol. The molecule has 0 saturated heterocycles. The van der Waals surface area contributed by atoms with E-state index < -0.39 is 11.7 Å². The fraction of sp³-hybridized carbons (Fsp3) is 0.167. The van der Waals surface area contributed by atoms with Crippen LogP contribution in [0, 0.1) is 0 Å². The number of alkyl halides is 3. The molecule has 1 heterocycles. The molecular formula is C12H8BrF3OS. The van der Waals surface area contributed by atoms with Gasteiger partial charge in [0.1, 0.15) is 12.4 Å². The van der Waals surface area contributed by atoms with Gasteiger partial charge in [0.25, 0.3) is 0 Å². The van der Waals surface area contributed by atoms with Gasteiger partial charge in [0, 0.05) is 4.47 Å². The molecule has 0 amide bonds. The van der Waals surface area contributed by atoms with Gasteiger partial charge in [-0.2, -0.15) is 13.2 Å². The molecule has 6 heteroatoms. The van der Waals surface area contributed by atoms with E-state index in [1.54, 1.807) is 0 Å². The van der Waals surface area contributed by atoms with Gasteiger partial charge in [-0.25, -0.2) is 0 Å². The molecule has 2 rings (SSSR count). The summed E-state index contributed by atoms with van der Waals surface area (Å²) in [5.74, 6) is 0.213. The van der Waals surface area contributed by atoms with Crippen molar-refractivity contribution in [3.63, 3.8) is 0 Å². The Morgan fingerprint density at radius 3 is 2.61 bits per heavy atom. The van der Waals surface area contributed by atoms with Crippen LogP contribution in [0.3, 0.4) is 0 Å². The van der Waals surface area contributed by atoms with Crippen molar-refractivity contribution in [2.45, 2.75) is 12.8 Å². The van der Waals surface area contributed by atoms with E-state index in [1.165, 1.54) is 23.5 Å². The minimum absolute atomic E-state index is 0.213. The summed E-state index contributed by atoms with van der Waals surface area (Å²) in [7, 11) is 0. The zero-order chi connectivity index (χ0) is 13.2. The van der Waals surface area contributed by atoms with E-state index in [9.17, 15) is 13.2 Å². The number of rotatable bonds is 3. The summed E-state index contributed by atoms with van der Waals surface area (Å²) < 4.78 is 43.7. The van der Waals surface area contributed by atoms with Crippen LogP contribution in [-0.2, 0) is 12.8 Å². The van der Waals surface area contributed by atoms with Gasteiger partial charge in [-0.3, -0.25) is 0 Å². The van der Waals surface area contributed by atoms with Crippen LogP contribution in [0.1, 0.15) is 10.4 Å². The summed E-state index contributed by atoms with van der Waals surface area (Å²) in [6.45, 7) is 0.250. The lowest BCUT2D eigenvalue weighted by Crippen LogP contribution is -2.05. The maximum Gasteiger partial charge on any atom is 0.416 e. The van der Waals surface area contributed by atoms with Crippen LogP contribution in [0.5, 0.6) is 5.75 Å². The molecule has 1 aromatic heterocycles. The Morgan fingerprint density at radius 1 is 1.22 bits per heavy atom. The molecule has 96 valence electrons. The minimum atomic E-state index is -4.34. The summed E-state index contributed by atoms with van der Waals surface area (Å²) in [5, 5.41) is 1.88. The van der Waals surface area contributed by atoms with Crippen LogP contribution in [0.2, 0.25) is 0 Å². The fourth-order valence-electron chi connectivity index (χ4n) is 1.34. The first-order valence-electron chi connectivity index (χ1n) is 4.99. The number of ether oxygens (including phenoxy) is 1. The van der Waals surface area contributed by atoms with Gasteiger partial charge in [-0.1, -0.05) is 6.07 Å². The van der Waals surface area contributed by atoms with Gasteiger partial charge in [-0.15, -0.1) is 11.3 Å². The number of hydrogen-bond donors (Lipinski definition) is 0. The summed E-state index contributed by atoms with van der Waals surface area (Å²) in [4.78, 5) is 0.937. The van der Waals surface area contributed by atoms with E-state index >= 15 is 0 Å². The zero-order valence-corrected chi connectivity index (χ0v) is 11.4. The highest BCUT2D eigenvalue weighted by Crippen LogP contribution is 2.32. The summed E-state index contributed by atoms with van der Waals surface area (Å²) >= 11 is 4.82. The van der Waals surface area contributed by atoms with Crippen LogP contribution in [0.25, 0.3) is 0 Å². The van der Waals surface area contributed by atoms with Gasteiger partial charge < -0.3 is 4.74 Å². The largest absolute Gasteiger partial charge is 0.488 e. The fourth-order valence-corrected chi connectivity index (χ4v) is 2.72. The monoisotopic (exact) mass is 336 g/mol. The normalized spacial score (nSPS) is 11.6. The second-order valence-electron chi connectivity index (χ2n) is 3.51. The quantitative estimate of drug-likeness (QED) is 0.756. The Bertz CT molecular complexity index is 536. The molecule has 0 aliphatic heterocycles. The lowest BCUT2D eigenvalue weighted by molar-refractivity contribution is -0.137. The average molecular weight is 337 g/mol. The highest BCUT2D eigenvalue weighted by atomic mass is 79.9. The first-order valence-corrected chi connectivity index (χ1v) is 6.66. The molecule has 0 atom stereocenters. The lowest BCUT2D eigenvalue weighted by Gasteiger charge is -2.09. The lowest BCUT2D eigenvalue weighted by atomic mass is 10.2. The number of halogens is 4. The van der Waals surface area contributed by atoms with E-state index in [0.29, 0.717) is 0 Å². The topological polar surface area (TPSA) is 9.23 Å². The van der Waals surface area contributed by atoms with Crippen molar-refractivity contribution in [2.24, 2.45) is 0 Å². The molecule has 0 unspecified atom stereocenters. The van der Waals surface area contributed by atoms with Crippen molar-refractivity contribution in [3.05, 3.63) is 50.6 Å².